The molecule has 0 atom stereocenters. The van der Waals surface area contributed by atoms with Gasteiger partial charge in [-0.1, -0.05) is 24.4 Å². The largest absolute Gasteiger partial charge is 0.389 e. The highest BCUT2D eigenvalue weighted by molar-refractivity contribution is 7.91. The van der Waals surface area contributed by atoms with E-state index in [9.17, 15) is 13.2 Å². The van der Waals surface area contributed by atoms with Crippen molar-refractivity contribution >= 4 is 33.0 Å². The second kappa shape index (κ2) is 7.48. The van der Waals surface area contributed by atoms with Crippen LogP contribution in [0.1, 0.15) is 5.56 Å². The first-order valence-electron chi connectivity index (χ1n) is 6.28. The van der Waals surface area contributed by atoms with Crippen LogP contribution in [0.2, 0.25) is 0 Å². The molecule has 0 aliphatic rings. The maximum atomic E-state index is 12.3. The molecule has 1 amide bonds. The first-order chi connectivity index (χ1) is 9.76. The Morgan fingerprint density at radius 2 is 2.10 bits per heavy atom. The monoisotopic (exact) mass is 329 g/mol. The highest BCUT2D eigenvalue weighted by Crippen LogP contribution is 2.13. The van der Waals surface area contributed by atoms with E-state index < -0.39 is 9.84 Å². The molecule has 116 valence electrons. The Morgan fingerprint density at radius 1 is 1.43 bits per heavy atom. The molecule has 0 saturated carbocycles. The molecule has 1 rings (SSSR count). The van der Waals surface area contributed by atoms with Gasteiger partial charge in [0.25, 0.3) is 0 Å². The van der Waals surface area contributed by atoms with Crippen LogP contribution >= 0.6 is 12.2 Å². The fourth-order valence-electron chi connectivity index (χ4n) is 1.64. The van der Waals surface area contributed by atoms with Gasteiger partial charge in [0.1, 0.15) is 4.99 Å². The molecule has 1 aromatic rings. The van der Waals surface area contributed by atoms with Crippen molar-refractivity contribution in [1.82, 2.24) is 10.2 Å². The fourth-order valence-corrected chi connectivity index (χ4v) is 3.15. The van der Waals surface area contributed by atoms with E-state index in [4.69, 9.17) is 18.0 Å². The van der Waals surface area contributed by atoms with E-state index in [1.54, 1.807) is 24.1 Å². The van der Waals surface area contributed by atoms with Gasteiger partial charge in [-0.25, -0.2) is 8.42 Å². The molecule has 1 aromatic carbocycles. The van der Waals surface area contributed by atoms with Gasteiger partial charge in [0.05, 0.1) is 17.2 Å². The van der Waals surface area contributed by atoms with Gasteiger partial charge >= 0.3 is 0 Å². The zero-order chi connectivity index (χ0) is 16.0. The number of likely N-dealkylation sites (N-methyl/N-ethyl adjacent to an activating group) is 2. The predicted molar refractivity (Wildman–Crippen MR) is 85.9 cm³/mol. The minimum atomic E-state index is -3.44. The molecular weight excluding hydrogens is 310 g/mol. The van der Waals surface area contributed by atoms with Crippen LogP contribution in [0.25, 0.3) is 0 Å². The standard InChI is InChI=1S/C13H19N3O3S2/c1-15-12(17)9-16(2)6-7-21(18,19)11-5-3-4-10(8-11)13(14)20/h3-5,8H,6-7,9H2,1-2H3,(H2,14,20)(H,15,17). The van der Waals surface area contributed by atoms with E-state index in [1.165, 1.54) is 19.2 Å². The Balaban J connectivity index is 2.76. The van der Waals surface area contributed by atoms with Crippen LogP contribution < -0.4 is 11.1 Å². The summed E-state index contributed by atoms with van der Waals surface area (Å²) in [5.41, 5.74) is 6.02. The first kappa shape index (κ1) is 17.5. The summed E-state index contributed by atoms with van der Waals surface area (Å²) in [4.78, 5) is 13.2. The molecule has 0 aliphatic carbocycles. The number of rotatable bonds is 7. The Kier molecular flexibility index (Phi) is 6.25. The maximum Gasteiger partial charge on any atom is 0.233 e. The van der Waals surface area contributed by atoms with Gasteiger partial charge < -0.3 is 11.1 Å². The van der Waals surface area contributed by atoms with Gasteiger partial charge in [-0.3, -0.25) is 9.69 Å². The Labute approximate surface area is 130 Å². The van der Waals surface area contributed by atoms with E-state index in [0.29, 0.717) is 5.56 Å². The Hall–Kier alpha value is -1.51. The van der Waals surface area contributed by atoms with Gasteiger partial charge in [0.2, 0.25) is 5.91 Å². The molecule has 8 heteroatoms. The van der Waals surface area contributed by atoms with Crippen molar-refractivity contribution in [2.24, 2.45) is 5.73 Å². The molecule has 0 spiro atoms. The lowest BCUT2D eigenvalue weighted by Crippen LogP contribution is -2.35. The lowest BCUT2D eigenvalue weighted by atomic mass is 10.2. The van der Waals surface area contributed by atoms with E-state index in [2.05, 4.69) is 5.32 Å². The second-order valence-electron chi connectivity index (χ2n) is 4.62. The van der Waals surface area contributed by atoms with Crippen LogP contribution in [0.5, 0.6) is 0 Å². The molecule has 0 fully saturated rings. The van der Waals surface area contributed by atoms with Crippen LogP contribution in [-0.2, 0) is 14.6 Å². The minimum Gasteiger partial charge on any atom is -0.389 e. The summed E-state index contributed by atoms with van der Waals surface area (Å²) in [6, 6.07) is 6.25. The van der Waals surface area contributed by atoms with Crippen LogP contribution in [0.15, 0.2) is 29.2 Å². The van der Waals surface area contributed by atoms with E-state index >= 15 is 0 Å². The van der Waals surface area contributed by atoms with Crippen molar-refractivity contribution in [2.75, 3.05) is 32.9 Å². The van der Waals surface area contributed by atoms with Crippen molar-refractivity contribution in [2.45, 2.75) is 4.90 Å². The highest BCUT2D eigenvalue weighted by Gasteiger charge is 2.17. The Bertz CT molecular complexity index is 629. The number of amides is 1. The molecule has 0 radical (unpaired) electrons. The average molecular weight is 329 g/mol. The molecule has 0 aliphatic heterocycles. The van der Waals surface area contributed by atoms with Crippen LogP contribution in [0.4, 0.5) is 0 Å². The Morgan fingerprint density at radius 3 is 2.67 bits per heavy atom. The van der Waals surface area contributed by atoms with Crippen molar-refractivity contribution in [1.29, 1.82) is 0 Å². The zero-order valence-electron chi connectivity index (χ0n) is 12.0. The van der Waals surface area contributed by atoms with Crippen molar-refractivity contribution < 1.29 is 13.2 Å². The number of hydrogen-bond donors (Lipinski definition) is 2. The maximum absolute atomic E-state index is 12.3. The lowest BCUT2D eigenvalue weighted by Gasteiger charge is -2.15. The van der Waals surface area contributed by atoms with E-state index in [-0.39, 0.29) is 34.6 Å². The number of nitrogens with one attached hydrogen (secondary N) is 1. The molecule has 0 saturated heterocycles. The fraction of sp³-hybridized carbons (Fsp3) is 0.385. The first-order valence-corrected chi connectivity index (χ1v) is 8.34. The van der Waals surface area contributed by atoms with Gasteiger partial charge in [-0.15, -0.1) is 0 Å². The lowest BCUT2D eigenvalue weighted by molar-refractivity contribution is -0.121. The number of carbonyl (C=O) groups excluding carboxylic acids is 1. The third-order valence-electron chi connectivity index (χ3n) is 2.91. The number of thiocarbonyl (C=S) groups is 1. The van der Waals surface area contributed by atoms with Gasteiger partial charge in [-0.05, 0) is 19.2 Å². The molecule has 0 bridgehead atoms. The van der Waals surface area contributed by atoms with Crippen molar-refractivity contribution in [3.63, 3.8) is 0 Å². The quantitative estimate of drug-likeness (QED) is 0.672. The summed E-state index contributed by atoms with van der Waals surface area (Å²) >= 11 is 4.84. The summed E-state index contributed by atoms with van der Waals surface area (Å²) in [5.74, 6) is -0.244. The van der Waals surface area contributed by atoms with Crippen LogP contribution in [0, 0.1) is 0 Å². The number of hydrogen-bond acceptors (Lipinski definition) is 5. The summed E-state index contributed by atoms with van der Waals surface area (Å²) < 4.78 is 24.5. The van der Waals surface area contributed by atoms with E-state index in [0.717, 1.165) is 0 Å². The zero-order valence-corrected chi connectivity index (χ0v) is 13.6. The topological polar surface area (TPSA) is 92.5 Å². The molecule has 3 N–H and O–H groups in total. The molecule has 0 aromatic heterocycles. The predicted octanol–water partition coefficient (Wildman–Crippen LogP) is -0.228. The molecule has 0 heterocycles. The van der Waals surface area contributed by atoms with Crippen molar-refractivity contribution in [3.8, 4) is 0 Å². The van der Waals surface area contributed by atoms with Gasteiger partial charge in [-0.2, -0.15) is 0 Å². The highest BCUT2D eigenvalue weighted by atomic mass is 32.2. The van der Waals surface area contributed by atoms with E-state index in [1.807, 2.05) is 0 Å². The third kappa shape index (κ3) is 5.41. The number of carbonyl (C=O) groups is 1. The number of nitrogens with two attached hydrogens (primary N) is 1. The smallest absolute Gasteiger partial charge is 0.233 e. The molecular formula is C13H19N3O3S2. The van der Waals surface area contributed by atoms with Crippen molar-refractivity contribution in [3.05, 3.63) is 29.8 Å². The number of benzene rings is 1. The molecule has 21 heavy (non-hydrogen) atoms. The number of sulfone groups is 1. The average Bonchev–Trinajstić information content (AvgIpc) is 2.45. The summed E-state index contributed by atoms with van der Waals surface area (Å²) in [6.07, 6.45) is 0. The number of nitrogens with zero attached hydrogens (tertiary/aromatic N) is 1. The third-order valence-corrected chi connectivity index (χ3v) is 4.84. The SMILES string of the molecule is CNC(=O)CN(C)CCS(=O)(=O)c1cccc(C(N)=S)c1. The second-order valence-corrected chi connectivity index (χ2v) is 7.17. The van der Waals surface area contributed by atoms with Gasteiger partial charge in [0.15, 0.2) is 9.84 Å². The summed E-state index contributed by atoms with van der Waals surface area (Å²) in [5, 5.41) is 2.49. The molecule has 0 unspecified atom stereocenters. The minimum absolute atomic E-state index is 0.0821. The van der Waals surface area contributed by atoms with Gasteiger partial charge in [0, 0.05) is 19.2 Å². The molecule has 6 nitrogen and oxygen atoms in total. The summed E-state index contributed by atoms with van der Waals surface area (Å²) in [7, 11) is -0.216. The van der Waals surface area contributed by atoms with Crippen LogP contribution in [0.3, 0.4) is 0 Å². The summed E-state index contributed by atoms with van der Waals surface area (Å²) in [6.45, 7) is 0.409. The van der Waals surface area contributed by atoms with Crippen LogP contribution in [-0.4, -0.2) is 57.2 Å². The normalized spacial score (nSPS) is 11.4.